The van der Waals surface area contributed by atoms with Crippen molar-refractivity contribution < 1.29 is 9.18 Å². The minimum Gasteiger partial charge on any atom is -0.273 e. The van der Waals surface area contributed by atoms with E-state index in [1.165, 1.54) is 35.2 Å². The van der Waals surface area contributed by atoms with Crippen molar-refractivity contribution in [1.29, 1.82) is 0 Å². The minimum atomic E-state index is -0.300. The second kappa shape index (κ2) is 4.90. The first-order valence-corrected chi connectivity index (χ1v) is 7.51. The number of carbonyl (C=O) groups is 1. The van der Waals surface area contributed by atoms with E-state index < -0.39 is 0 Å². The molecule has 3 rings (SSSR count). The van der Waals surface area contributed by atoms with E-state index in [1.807, 2.05) is 13.0 Å². The van der Waals surface area contributed by atoms with Gasteiger partial charge in [-0.05, 0) is 24.6 Å². The van der Waals surface area contributed by atoms with Gasteiger partial charge in [-0.2, -0.15) is 0 Å². The molecule has 1 fully saturated rings. The van der Waals surface area contributed by atoms with Crippen molar-refractivity contribution in [2.24, 2.45) is 0 Å². The highest BCUT2D eigenvalue weighted by Crippen LogP contribution is 2.42. The van der Waals surface area contributed by atoms with Crippen molar-refractivity contribution in [3.63, 3.8) is 0 Å². The lowest BCUT2D eigenvalue weighted by atomic mass is 10.2. The number of amides is 1. The molecule has 1 aromatic carbocycles. The van der Waals surface area contributed by atoms with Crippen molar-refractivity contribution in [1.82, 2.24) is 10.2 Å². The van der Waals surface area contributed by atoms with Crippen molar-refractivity contribution >= 4 is 34.1 Å². The van der Waals surface area contributed by atoms with Gasteiger partial charge in [-0.1, -0.05) is 23.5 Å². The van der Waals surface area contributed by atoms with Crippen LogP contribution in [0.5, 0.6) is 0 Å². The molecule has 4 nitrogen and oxygen atoms in total. The molecule has 1 amide bonds. The second-order valence-electron chi connectivity index (χ2n) is 4.09. The zero-order valence-electron chi connectivity index (χ0n) is 10.0. The number of anilines is 1. The molecule has 0 bridgehead atoms. The van der Waals surface area contributed by atoms with Gasteiger partial charge in [0.2, 0.25) is 11.0 Å². The molecular formula is C12H10FN3OS2. The second-order valence-corrected chi connectivity index (χ2v) is 6.31. The highest BCUT2D eigenvalue weighted by molar-refractivity contribution is 8.00. The Bertz CT molecular complexity index is 631. The van der Waals surface area contributed by atoms with E-state index in [9.17, 15) is 9.18 Å². The van der Waals surface area contributed by atoms with Gasteiger partial charge in [-0.25, -0.2) is 4.39 Å². The Morgan fingerprint density at radius 2 is 2.26 bits per heavy atom. The third-order valence-electron chi connectivity index (χ3n) is 2.72. The summed E-state index contributed by atoms with van der Waals surface area (Å²) < 4.78 is 13.3. The number of thioether (sulfide) groups is 1. The summed E-state index contributed by atoms with van der Waals surface area (Å²) in [6.45, 7) is 1.84. The summed E-state index contributed by atoms with van der Waals surface area (Å²) in [6, 6.07) is 6.32. The highest BCUT2D eigenvalue weighted by Gasteiger charge is 2.36. The molecular weight excluding hydrogens is 285 g/mol. The lowest BCUT2D eigenvalue weighted by Crippen LogP contribution is -2.27. The summed E-state index contributed by atoms with van der Waals surface area (Å²) in [6.07, 6.45) is 0. The van der Waals surface area contributed by atoms with Crippen molar-refractivity contribution in [3.8, 4) is 0 Å². The van der Waals surface area contributed by atoms with Crippen molar-refractivity contribution in [2.45, 2.75) is 12.3 Å². The van der Waals surface area contributed by atoms with Gasteiger partial charge in [0.25, 0.3) is 0 Å². The van der Waals surface area contributed by atoms with Crippen LogP contribution >= 0.6 is 23.1 Å². The summed E-state index contributed by atoms with van der Waals surface area (Å²) in [7, 11) is 0. The number of hydrogen-bond donors (Lipinski definition) is 0. The van der Waals surface area contributed by atoms with Gasteiger partial charge in [0.05, 0.1) is 5.75 Å². The Morgan fingerprint density at radius 1 is 1.42 bits per heavy atom. The van der Waals surface area contributed by atoms with Crippen LogP contribution < -0.4 is 4.90 Å². The molecule has 1 unspecified atom stereocenters. The quantitative estimate of drug-likeness (QED) is 0.854. The Morgan fingerprint density at radius 3 is 2.95 bits per heavy atom. The minimum absolute atomic E-state index is 0.0181. The molecule has 2 aromatic rings. The maximum Gasteiger partial charge on any atom is 0.240 e. The standard InChI is InChI=1S/C12H10FN3OS2/c1-7-14-15-12(19-7)16-10(17)6-18-11(16)8-3-2-4-9(13)5-8/h2-5,11H,6H2,1H3. The Balaban J connectivity index is 1.99. The molecule has 19 heavy (non-hydrogen) atoms. The number of carbonyl (C=O) groups excluding carboxylic acids is 1. The topological polar surface area (TPSA) is 46.1 Å². The van der Waals surface area contributed by atoms with Crippen LogP contribution in [0.4, 0.5) is 9.52 Å². The smallest absolute Gasteiger partial charge is 0.240 e. The van der Waals surface area contributed by atoms with E-state index in [0.29, 0.717) is 10.9 Å². The average molecular weight is 295 g/mol. The Hall–Kier alpha value is -1.47. The summed E-state index contributed by atoms with van der Waals surface area (Å²) in [5.74, 6) is 0.0565. The predicted molar refractivity (Wildman–Crippen MR) is 73.7 cm³/mol. The first-order valence-electron chi connectivity index (χ1n) is 5.64. The molecule has 1 aliphatic heterocycles. The van der Waals surface area contributed by atoms with Crippen molar-refractivity contribution in [3.05, 3.63) is 40.7 Å². The normalized spacial score (nSPS) is 19.2. The third kappa shape index (κ3) is 2.35. The molecule has 0 N–H and O–H groups in total. The molecule has 0 spiro atoms. The SMILES string of the molecule is Cc1nnc(N2C(=O)CSC2c2cccc(F)c2)s1. The van der Waals surface area contributed by atoms with Crippen LogP contribution in [0, 0.1) is 12.7 Å². The molecule has 1 aromatic heterocycles. The average Bonchev–Trinajstić information content (AvgIpc) is 2.95. The fourth-order valence-electron chi connectivity index (χ4n) is 1.92. The van der Waals surface area contributed by atoms with Crippen LogP contribution in [0.2, 0.25) is 0 Å². The maximum atomic E-state index is 13.3. The van der Waals surface area contributed by atoms with Crippen LogP contribution in [0.25, 0.3) is 0 Å². The molecule has 2 heterocycles. The van der Waals surface area contributed by atoms with Crippen LogP contribution in [0.15, 0.2) is 24.3 Å². The monoisotopic (exact) mass is 295 g/mol. The van der Waals surface area contributed by atoms with Crippen LogP contribution in [0.1, 0.15) is 15.9 Å². The van der Waals surface area contributed by atoms with Gasteiger partial charge < -0.3 is 0 Å². The molecule has 7 heteroatoms. The van der Waals surface area contributed by atoms with Crippen molar-refractivity contribution in [2.75, 3.05) is 10.7 Å². The Labute approximate surface area is 117 Å². The van der Waals surface area contributed by atoms with Gasteiger partial charge in [0, 0.05) is 0 Å². The molecule has 0 radical (unpaired) electrons. The first-order chi connectivity index (χ1) is 9.15. The Kier molecular flexibility index (Phi) is 3.24. The van der Waals surface area contributed by atoms with E-state index in [1.54, 1.807) is 11.0 Å². The number of benzene rings is 1. The van der Waals surface area contributed by atoms with E-state index in [0.717, 1.165) is 10.6 Å². The fraction of sp³-hybridized carbons (Fsp3) is 0.250. The lowest BCUT2D eigenvalue weighted by Gasteiger charge is -2.20. The predicted octanol–water partition coefficient (Wildman–Crippen LogP) is 2.76. The number of aromatic nitrogens is 2. The van der Waals surface area contributed by atoms with Gasteiger partial charge in [-0.3, -0.25) is 9.69 Å². The van der Waals surface area contributed by atoms with E-state index >= 15 is 0 Å². The van der Waals surface area contributed by atoms with E-state index in [2.05, 4.69) is 10.2 Å². The third-order valence-corrected chi connectivity index (χ3v) is 4.77. The van der Waals surface area contributed by atoms with Gasteiger partial charge in [0.1, 0.15) is 16.2 Å². The number of nitrogens with zero attached hydrogens (tertiary/aromatic N) is 3. The lowest BCUT2D eigenvalue weighted by molar-refractivity contribution is -0.115. The zero-order valence-corrected chi connectivity index (χ0v) is 11.7. The molecule has 1 aliphatic rings. The fourth-order valence-corrected chi connectivity index (χ4v) is 3.87. The first kappa shape index (κ1) is 12.6. The maximum absolute atomic E-state index is 13.3. The van der Waals surface area contributed by atoms with Crippen LogP contribution in [0.3, 0.4) is 0 Å². The number of halogens is 1. The summed E-state index contributed by atoms with van der Waals surface area (Å²) in [5.41, 5.74) is 0.767. The van der Waals surface area contributed by atoms with Crippen LogP contribution in [-0.2, 0) is 4.79 Å². The molecule has 1 atom stereocenters. The summed E-state index contributed by atoms with van der Waals surface area (Å²) in [5, 5.41) is 9.09. The molecule has 0 aliphatic carbocycles. The molecule has 98 valence electrons. The summed E-state index contributed by atoms with van der Waals surface area (Å²) >= 11 is 2.84. The van der Waals surface area contributed by atoms with Gasteiger partial charge in [0.15, 0.2) is 0 Å². The van der Waals surface area contributed by atoms with E-state index in [4.69, 9.17) is 0 Å². The summed E-state index contributed by atoms with van der Waals surface area (Å²) in [4.78, 5) is 13.6. The zero-order chi connectivity index (χ0) is 13.4. The number of aryl methyl sites for hydroxylation is 1. The van der Waals surface area contributed by atoms with Gasteiger partial charge in [-0.15, -0.1) is 22.0 Å². The van der Waals surface area contributed by atoms with Crippen LogP contribution in [-0.4, -0.2) is 21.9 Å². The largest absolute Gasteiger partial charge is 0.273 e. The highest BCUT2D eigenvalue weighted by atomic mass is 32.2. The molecule has 0 saturated carbocycles. The number of hydrogen-bond acceptors (Lipinski definition) is 5. The number of rotatable bonds is 2. The van der Waals surface area contributed by atoms with Gasteiger partial charge >= 0.3 is 0 Å². The molecule has 1 saturated heterocycles. The van der Waals surface area contributed by atoms with E-state index in [-0.39, 0.29) is 17.1 Å².